The molecule has 96 valence electrons. The van der Waals surface area contributed by atoms with Crippen molar-refractivity contribution in [3.63, 3.8) is 0 Å². The number of benzene rings is 1. The Bertz CT molecular complexity index is 353. The van der Waals surface area contributed by atoms with Crippen LogP contribution >= 0.6 is 0 Å². The molecule has 1 rings (SSSR count). The van der Waals surface area contributed by atoms with Gasteiger partial charge in [0.25, 0.3) is 0 Å². The number of aliphatic hydroxyl groups is 1. The first-order valence-electron chi connectivity index (χ1n) is 5.98. The summed E-state index contributed by atoms with van der Waals surface area (Å²) in [5.41, 5.74) is 7.40. The zero-order valence-corrected chi connectivity index (χ0v) is 10.7. The fourth-order valence-electron chi connectivity index (χ4n) is 1.57. The fraction of sp³-hybridized carbons (Fsp3) is 0.538. The van der Waals surface area contributed by atoms with E-state index in [-0.39, 0.29) is 12.6 Å². The summed E-state index contributed by atoms with van der Waals surface area (Å²) in [6.45, 7) is 6.69. The topological polar surface area (TPSA) is 67.5 Å². The molecule has 4 N–H and O–H groups in total. The molecule has 0 saturated carbocycles. The first-order valence-corrected chi connectivity index (χ1v) is 5.98. The number of nitrogens with two attached hydrogens (primary N) is 1. The third kappa shape index (κ3) is 3.53. The van der Waals surface area contributed by atoms with Crippen LogP contribution in [-0.4, -0.2) is 24.4 Å². The number of anilines is 2. The second-order valence-electron chi connectivity index (χ2n) is 4.33. The van der Waals surface area contributed by atoms with Crippen LogP contribution in [0, 0.1) is 5.92 Å². The van der Waals surface area contributed by atoms with Crippen LogP contribution in [0.2, 0.25) is 0 Å². The van der Waals surface area contributed by atoms with Gasteiger partial charge in [-0.3, -0.25) is 0 Å². The quantitative estimate of drug-likeness (QED) is 0.664. The lowest BCUT2D eigenvalue weighted by molar-refractivity contribution is 0.249. The third-order valence-corrected chi connectivity index (χ3v) is 2.71. The highest BCUT2D eigenvalue weighted by atomic mass is 16.5. The second-order valence-corrected chi connectivity index (χ2v) is 4.33. The highest BCUT2D eigenvalue weighted by Crippen LogP contribution is 2.30. The maximum Gasteiger partial charge on any atom is 0.144 e. The molecule has 1 atom stereocenters. The van der Waals surface area contributed by atoms with E-state index in [2.05, 4.69) is 19.2 Å². The van der Waals surface area contributed by atoms with E-state index < -0.39 is 0 Å². The van der Waals surface area contributed by atoms with E-state index in [0.717, 1.165) is 5.69 Å². The normalized spacial score (nSPS) is 12.5. The molecule has 0 fully saturated rings. The maximum absolute atomic E-state index is 9.29. The van der Waals surface area contributed by atoms with Crippen molar-refractivity contribution >= 4 is 11.4 Å². The SMILES string of the molecule is CCOc1cccc(NC(CO)C(C)C)c1N. The molecule has 0 aromatic heterocycles. The van der Waals surface area contributed by atoms with Gasteiger partial charge in [0, 0.05) is 0 Å². The Morgan fingerprint density at radius 3 is 2.65 bits per heavy atom. The van der Waals surface area contributed by atoms with Crippen molar-refractivity contribution in [1.82, 2.24) is 0 Å². The van der Waals surface area contributed by atoms with E-state index >= 15 is 0 Å². The Hall–Kier alpha value is -1.42. The van der Waals surface area contributed by atoms with Crippen molar-refractivity contribution in [2.24, 2.45) is 5.92 Å². The van der Waals surface area contributed by atoms with Crippen LogP contribution in [0.25, 0.3) is 0 Å². The summed E-state index contributed by atoms with van der Waals surface area (Å²) < 4.78 is 5.43. The van der Waals surface area contributed by atoms with Crippen molar-refractivity contribution in [3.05, 3.63) is 18.2 Å². The predicted molar refractivity (Wildman–Crippen MR) is 71.4 cm³/mol. The van der Waals surface area contributed by atoms with E-state index in [4.69, 9.17) is 10.5 Å². The smallest absolute Gasteiger partial charge is 0.144 e. The molecule has 17 heavy (non-hydrogen) atoms. The molecule has 0 saturated heterocycles. The highest BCUT2D eigenvalue weighted by Gasteiger charge is 2.14. The number of hydrogen-bond donors (Lipinski definition) is 3. The number of ether oxygens (including phenoxy) is 1. The van der Waals surface area contributed by atoms with Crippen molar-refractivity contribution in [2.75, 3.05) is 24.3 Å². The number of para-hydroxylation sites is 1. The van der Waals surface area contributed by atoms with Crippen LogP contribution in [0.4, 0.5) is 11.4 Å². The predicted octanol–water partition coefficient (Wildman–Crippen LogP) is 2.10. The van der Waals surface area contributed by atoms with Crippen LogP contribution in [0.5, 0.6) is 5.75 Å². The molecular weight excluding hydrogens is 216 g/mol. The number of hydrogen-bond acceptors (Lipinski definition) is 4. The van der Waals surface area contributed by atoms with Gasteiger partial charge in [0.05, 0.1) is 30.6 Å². The summed E-state index contributed by atoms with van der Waals surface area (Å²) in [5, 5.41) is 12.5. The summed E-state index contributed by atoms with van der Waals surface area (Å²) in [7, 11) is 0. The minimum atomic E-state index is -0.00539. The van der Waals surface area contributed by atoms with Gasteiger partial charge in [0.15, 0.2) is 0 Å². The van der Waals surface area contributed by atoms with Gasteiger partial charge in [-0.2, -0.15) is 0 Å². The van der Waals surface area contributed by atoms with Gasteiger partial charge < -0.3 is 20.9 Å². The fourth-order valence-corrected chi connectivity index (χ4v) is 1.57. The summed E-state index contributed by atoms with van der Waals surface area (Å²) >= 11 is 0. The van der Waals surface area contributed by atoms with Crippen molar-refractivity contribution in [3.8, 4) is 5.75 Å². The average Bonchev–Trinajstić information content (AvgIpc) is 2.30. The summed E-state index contributed by atoms with van der Waals surface area (Å²) in [4.78, 5) is 0. The molecule has 1 unspecified atom stereocenters. The molecule has 0 aliphatic carbocycles. The van der Waals surface area contributed by atoms with Crippen molar-refractivity contribution < 1.29 is 9.84 Å². The number of nitrogens with one attached hydrogen (secondary N) is 1. The highest BCUT2D eigenvalue weighted by molar-refractivity contribution is 5.73. The molecule has 0 aliphatic rings. The summed E-state index contributed by atoms with van der Waals surface area (Å²) in [6, 6.07) is 5.61. The van der Waals surface area contributed by atoms with Gasteiger partial charge in [0.1, 0.15) is 5.75 Å². The van der Waals surface area contributed by atoms with E-state index in [1.807, 2.05) is 25.1 Å². The van der Waals surface area contributed by atoms with Gasteiger partial charge in [-0.1, -0.05) is 19.9 Å². The van der Waals surface area contributed by atoms with E-state index in [0.29, 0.717) is 24.0 Å². The lowest BCUT2D eigenvalue weighted by Crippen LogP contribution is -2.29. The maximum atomic E-state index is 9.29. The molecule has 1 aromatic carbocycles. The monoisotopic (exact) mass is 238 g/mol. The van der Waals surface area contributed by atoms with E-state index in [1.54, 1.807) is 0 Å². The van der Waals surface area contributed by atoms with Crippen LogP contribution < -0.4 is 15.8 Å². The standard InChI is InChI=1S/C13H22N2O2/c1-4-17-12-7-5-6-10(13(12)14)15-11(8-16)9(2)3/h5-7,9,11,15-16H,4,8,14H2,1-3H3. The first-order chi connectivity index (χ1) is 8.10. The molecule has 0 aliphatic heterocycles. The summed E-state index contributed by atoms with van der Waals surface area (Å²) in [6.07, 6.45) is 0. The molecular formula is C13H22N2O2. The first kappa shape index (κ1) is 13.6. The lowest BCUT2D eigenvalue weighted by atomic mass is 10.0. The Morgan fingerprint density at radius 2 is 2.12 bits per heavy atom. The molecule has 4 nitrogen and oxygen atoms in total. The molecule has 4 heteroatoms. The van der Waals surface area contributed by atoms with Gasteiger partial charge in [-0.05, 0) is 25.0 Å². The van der Waals surface area contributed by atoms with Crippen molar-refractivity contribution in [1.29, 1.82) is 0 Å². The summed E-state index contributed by atoms with van der Waals surface area (Å²) in [5.74, 6) is 1.01. The number of nitrogen functional groups attached to an aromatic ring is 1. The molecule has 0 spiro atoms. The zero-order chi connectivity index (χ0) is 12.8. The Labute approximate surface area is 103 Å². The molecule has 0 amide bonds. The van der Waals surface area contributed by atoms with E-state index in [9.17, 15) is 5.11 Å². The van der Waals surface area contributed by atoms with Gasteiger partial charge in [-0.25, -0.2) is 0 Å². The van der Waals surface area contributed by atoms with Crippen LogP contribution in [-0.2, 0) is 0 Å². The van der Waals surface area contributed by atoms with Gasteiger partial charge in [-0.15, -0.1) is 0 Å². The molecule has 0 bridgehead atoms. The number of rotatable bonds is 6. The molecule has 1 aromatic rings. The molecule has 0 heterocycles. The number of aliphatic hydroxyl groups excluding tert-OH is 1. The molecule has 0 radical (unpaired) electrons. The van der Waals surface area contributed by atoms with Crippen LogP contribution in [0.3, 0.4) is 0 Å². The van der Waals surface area contributed by atoms with Gasteiger partial charge >= 0.3 is 0 Å². The minimum absolute atomic E-state index is 0.00539. The zero-order valence-electron chi connectivity index (χ0n) is 10.7. The largest absolute Gasteiger partial charge is 0.492 e. The third-order valence-electron chi connectivity index (χ3n) is 2.71. The average molecular weight is 238 g/mol. The van der Waals surface area contributed by atoms with Gasteiger partial charge in [0.2, 0.25) is 0 Å². The lowest BCUT2D eigenvalue weighted by Gasteiger charge is -2.22. The second kappa shape index (κ2) is 6.35. The van der Waals surface area contributed by atoms with Crippen LogP contribution in [0.15, 0.2) is 18.2 Å². The van der Waals surface area contributed by atoms with Crippen LogP contribution in [0.1, 0.15) is 20.8 Å². The Balaban J connectivity index is 2.87. The van der Waals surface area contributed by atoms with Crippen molar-refractivity contribution in [2.45, 2.75) is 26.8 Å². The Morgan fingerprint density at radius 1 is 1.41 bits per heavy atom. The van der Waals surface area contributed by atoms with E-state index in [1.165, 1.54) is 0 Å². The minimum Gasteiger partial charge on any atom is -0.492 e. The Kier molecular flexibility index (Phi) is 5.10.